The Labute approximate surface area is 467 Å². The van der Waals surface area contributed by atoms with E-state index in [2.05, 4.69) is 288 Å². The summed E-state index contributed by atoms with van der Waals surface area (Å²) in [4.78, 5) is 9.77. The lowest BCUT2D eigenvalue weighted by molar-refractivity contribution is -2.00. The summed E-state index contributed by atoms with van der Waals surface area (Å²) < 4.78 is 72.7. The predicted octanol–water partition coefficient (Wildman–Crippen LogP) is 6.23. The summed E-state index contributed by atoms with van der Waals surface area (Å²) >= 11 is 0. The molecule has 9 aromatic carbocycles. The Morgan fingerprint density at radius 2 is 0.463 bits per heavy atom. The SMILES string of the molecule is C(=Nc1ccc(-[n+]2c(-c3ccccc3)cc(-c3ccccc3)cc2-c2ccccc2)cc1)c1ccc(C=Nc2ccc(-[n+]3c(-c4ccccc4)cc(-c4ccccc4)cc3-c3ccccc3)cc2)cc1.[O-][Cl+3]([O-])([O-])[O-].[O-][Cl+3]([O-])([O-])[O-]. The summed E-state index contributed by atoms with van der Waals surface area (Å²) in [6.45, 7) is 0. The van der Waals surface area contributed by atoms with Crippen LogP contribution in [-0.2, 0) is 0 Å². The van der Waals surface area contributed by atoms with Gasteiger partial charge in [0.1, 0.15) is 0 Å². The van der Waals surface area contributed by atoms with E-state index in [4.69, 9.17) is 47.3 Å². The average Bonchev–Trinajstić information content (AvgIpc) is 3.48. The van der Waals surface area contributed by atoms with Gasteiger partial charge in [-0.05, 0) is 106 Å². The Morgan fingerprint density at radius 1 is 0.250 bits per heavy atom. The minimum Gasteiger partial charge on any atom is -0.256 e. The molecule has 0 aliphatic heterocycles. The zero-order valence-corrected chi connectivity index (χ0v) is 44.0. The first-order valence-corrected chi connectivity index (χ1v) is 27.3. The first-order chi connectivity index (χ1) is 38.7. The topological polar surface area (TPSA) is 217 Å². The number of aromatic nitrogens is 2. The second kappa shape index (κ2) is 26.0. The maximum Gasteiger partial charge on any atom is 0.219 e. The van der Waals surface area contributed by atoms with E-state index in [0.29, 0.717) is 0 Å². The van der Waals surface area contributed by atoms with E-state index in [1.54, 1.807) is 0 Å². The molecule has 0 aliphatic rings. The summed E-state index contributed by atoms with van der Waals surface area (Å²) in [5.74, 6) is 0. The number of pyridine rings is 2. The molecule has 0 aliphatic carbocycles. The Morgan fingerprint density at radius 3 is 0.688 bits per heavy atom. The van der Waals surface area contributed by atoms with Crippen molar-refractivity contribution in [3.63, 3.8) is 0 Å². The number of benzene rings is 9. The van der Waals surface area contributed by atoms with E-state index in [1.807, 2.05) is 12.4 Å². The van der Waals surface area contributed by atoms with E-state index >= 15 is 0 Å². The molecule has 0 unspecified atom stereocenters. The van der Waals surface area contributed by atoms with Crippen LogP contribution >= 0.6 is 0 Å². The molecule has 12 nitrogen and oxygen atoms in total. The molecule has 0 amide bonds. The average molecular weight is 1100 g/mol. The molecule has 394 valence electrons. The van der Waals surface area contributed by atoms with Crippen LogP contribution < -0.4 is 46.4 Å². The van der Waals surface area contributed by atoms with Gasteiger partial charge in [-0.15, -0.1) is 20.5 Å². The van der Waals surface area contributed by atoms with Crippen molar-refractivity contribution in [1.82, 2.24) is 0 Å². The maximum absolute atomic E-state index is 8.49. The highest BCUT2D eigenvalue weighted by atomic mass is 35.7. The summed E-state index contributed by atoms with van der Waals surface area (Å²) in [7, 11) is -9.89. The van der Waals surface area contributed by atoms with Crippen LogP contribution in [0.25, 0.3) is 78.7 Å². The van der Waals surface area contributed by atoms with Crippen molar-refractivity contribution in [2.24, 2.45) is 9.98 Å². The first kappa shape index (κ1) is 55.6. The van der Waals surface area contributed by atoms with Crippen LogP contribution in [0.4, 0.5) is 11.4 Å². The van der Waals surface area contributed by atoms with Crippen molar-refractivity contribution < 1.29 is 66.9 Å². The van der Waals surface area contributed by atoms with Crippen LogP contribution in [0.15, 0.2) is 289 Å². The van der Waals surface area contributed by atoms with Crippen molar-refractivity contribution in [3.05, 3.63) is 290 Å². The minimum atomic E-state index is -4.94. The van der Waals surface area contributed by atoms with Gasteiger partial charge in [-0.1, -0.05) is 158 Å². The lowest BCUT2D eigenvalue weighted by atomic mass is 9.98. The number of halogens is 2. The molecule has 0 bridgehead atoms. The molecule has 2 aromatic heterocycles. The fourth-order valence-electron chi connectivity index (χ4n) is 8.97. The second-order valence-electron chi connectivity index (χ2n) is 17.9. The van der Waals surface area contributed by atoms with Gasteiger partial charge in [-0.3, -0.25) is 9.98 Å². The van der Waals surface area contributed by atoms with Crippen LogP contribution in [0.2, 0.25) is 0 Å². The van der Waals surface area contributed by atoms with Crippen molar-refractivity contribution in [2.45, 2.75) is 0 Å². The number of rotatable bonds is 12. The van der Waals surface area contributed by atoms with E-state index in [9.17, 15) is 0 Å². The molecule has 2 heterocycles. The van der Waals surface area contributed by atoms with E-state index in [-0.39, 0.29) is 0 Å². The minimum absolute atomic E-state index is 0.874. The third-order valence-corrected chi connectivity index (χ3v) is 12.5. The fraction of sp³-hybridized carbons (Fsp3) is 0. The zero-order valence-electron chi connectivity index (χ0n) is 42.5. The van der Waals surface area contributed by atoms with Gasteiger partial charge in [0, 0.05) is 83.2 Å². The Bertz CT molecular complexity index is 3430. The van der Waals surface area contributed by atoms with Crippen molar-refractivity contribution in [2.75, 3.05) is 0 Å². The normalized spacial score (nSPS) is 11.4. The molecule has 0 spiro atoms. The third-order valence-electron chi connectivity index (χ3n) is 12.5. The molecule has 0 saturated carbocycles. The zero-order chi connectivity index (χ0) is 55.9. The van der Waals surface area contributed by atoms with Crippen LogP contribution in [0.3, 0.4) is 0 Å². The fourth-order valence-corrected chi connectivity index (χ4v) is 8.97. The van der Waals surface area contributed by atoms with Gasteiger partial charge < -0.3 is 0 Å². The van der Waals surface area contributed by atoms with Crippen molar-refractivity contribution in [1.29, 1.82) is 0 Å². The van der Waals surface area contributed by atoms with E-state index in [0.717, 1.165) is 78.9 Å². The van der Waals surface area contributed by atoms with Gasteiger partial charge in [0.05, 0.1) is 11.4 Å². The molecule has 11 aromatic rings. The maximum atomic E-state index is 8.49. The van der Waals surface area contributed by atoms with E-state index < -0.39 is 20.5 Å². The summed E-state index contributed by atoms with van der Waals surface area (Å²) in [6, 6.07) is 98.1. The quantitative estimate of drug-likeness (QED) is 0.101. The van der Waals surface area contributed by atoms with Crippen molar-refractivity contribution >= 4 is 23.8 Å². The molecule has 14 heteroatoms. The lowest BCUT2D eigenvalue weighted by Gasteiger charge is -2.17. The molecule has 0 N–H and O–H groups in total. The number of hydrogen-bond acceptors (Lipinski definition) is 10. The van der Waals surface area contributed by atoms with Crippen molar-refractivity contribution in [3.8, 4) is 78.7 Å². The molecule has 11 rings (SSSR count). The Balaban J connectivity index is 0.000000713. The van der Waals surface area contributed by atoms with Gasteiger partial charge in [0.15, 0.2) is 0 Å². The Hall–Kier alpha value is -9.12. The highest BCUT2D eigenvalue weighted by molar-refractivity contribution is 5.86. The number of aliphatic imine (C=N–C) groups is 2. The molecule has 0 fully saturated rings. The molecular formula is C66H48Cl2N4O8. The van der Waals surface area contributed by atoms with Crippen LogP contribution in [0.5, 0.6) is 0 Å². The molecule has 0 atom stereocenters. The van der Waals surface area contributed by atoms with E-state index in [1.165, 1.54) is 22.3 Å². The highest BCUT2D eigenvalue weighted by Gasteiger charge is 2.27. The lowest BCUT2D eigenvalue weighted by Crippen LogP contribution is -2.68. The molecule has 0 saturated heterocycles. The monoisotopic (exact) mass is 1090 g/mol. The first-order valence-electron chi connectivity index (χ1n) is 24.9. The van der Waals surface area contributed by atoms with Crippen LogP contribution in [0.1, 0.15) is 11.1 Å². The second-order valence-corrected chi connectivity index (χ2v) is 19.4. The van der Waals surface area contributed by atoms with Gasteiger partial charge >= 0.3 is 0 Å². The summed E-state index contributed by atoms with van der Waals surface area (Å²) in [5, 5.41) is 0. The number of hydrogen-bond donors (Lipinski definition) is 0. The largest absolute Gasteiger partial charge is 0.256 e. The summed E-state index contributed by atoms with van der Waals surface area (Å²) in [5.41, 5.74) is 19.6. The van der Waals surface area contributed by atoms with Crippen LogP contribution in [0, 0.1) is 20.5 Å². The van der Waals surface area contributed by atoms with Gasteiger partial charge in [0.25, 0.3) is 0 Å². The van der Waals surface area contributed by atoms with Gasteiger partial charge in [-0.25, -0.2) is 37.3 Å². The molecular weight excluding hydrogens is 1050 g/mol. The third kappa shape index (κ3) is 15.5. The Kier molecular flexibility index (Phi) is 18.1. The number of nitrogens with zero attached hydrogens (tertiary/aromatic N) is 4. The van der Waals surface area contributed by atoms with Crippen LogP contribution in [-0.4, -0.2) is 12.4 Å². The highest BCUT2D eigenvalue weighted by Crippen LogP contribution is 2.33. The smallest absolute Gasteiger partial charge is 0.219 e. The van der Waals surface area contributed by atoms with Gasteiger partial charge in [0.2, 0.25) is 34.2 Å². The standard InChI is InChI=1S/C66H48N4.2ClHO4/c1-7-19-51(20-8-1)57-43-63(53-23-11-3-12-24-53)69(64(44-57)54-25-13-4-14-26-54)61-39-35-59(36-40-61)67-47-49-31-33-50(34-32-49)48-68-60-37-41-62(42-38-60)70-65(55-27-15-5-16-28-55)45-58(52-21-9-2-10-22-52)46-66(70)56-29-17-6-18-30-56;2*2-1(3,4)5/h1-48H;2*(H,2,3,4,5)/q+2;;/p-2. The molecule has 80 heavy (non-hydrogen) atoms. The predicted molar refractivity (Wildman–Crippen MR) is 290 cm³/mol. The summed E-state index contributed by atoms with van der Waals surface area (Å²) in [6.07, 6.45) is 3.83. The van der Waals surface area contributed by atoms with Gasteiger partial charge in [-0.2, -0.15) is 9.13 Å². The molecule has 0 radical (unpaired) electrons.